The Hall–Kier alpha value is -0.610. The van der Waals surface area contributed by atoms with E-state index in [4.69, 9.17) is 4.74 Å². The predicted molar refractivity (Wildman–Crippen MR) is 61.6 cm³/mol. The summed E-state index contributed by atoms with van der Waals surface area (Å²) in [5.41, 5.74) is -0.329. The molecule has 90 valence electrons. The van der Waals surface area contributed by atoms with Gasteiger partial charge in [-0.15, -0.1) is 0 Å². The molecule has 4 heteroatoms. The Bertz CT molecular complexity index is 191. The van der Waals surface area contributed by atoms with Crippen LogP contribution in [-0.4, -0.2) is 43.8 Å². The van der Waals surface area contributed by atoms with Gasteiger partial charge in [-0.3, -0.25) is 10.1 Å². The van der Waals surface area contributed by atoms with E-state index in [9.17, 15) is 4.79 Å². The monoisotopic (exact) mass is 216 g/mol. The average molecular weight is 216 g/mol. The van der Waals surface area contributed by atoms with Crippen molar-refractivity contribution >= 4 is 5.91 Å². The number of carbonyl (C=O) groups excluding carboxylic acids is 1. The van der Waals surface area contributed by atoms with Gasteiger partial charge >= 0.3 is 0 Å². The normalized spacial score (nSPS) is 25.5. The second kappa shape index (κ2) is 6.80. The molecule has 1 saturated heterocycles. The van der Waals surface area contributed by atoms with Gasteiger partial charge in [-0.2, -0.15) is 0 Å². The lowest BCUT2D eigenvalue weighted by atomic mass is 10.0. The van der Waals surface area contributed by atoms with Crippen molar-refractivity contribution in [3.63, 3.8) is 0 Å². The first kappa shape index (κ1) is 14.4. The van der Waals surface area contributed by atoms with Gasteiger partial charge in [0.15, 0.2) is 0 Å². The minimum absolute atomic E-state index is 0.122. The highest BCUT2D eigenvalue weighted by atomic mass is 16.5. The molecule has 0 aromatic carbocycles. The maximum absolute atomic E-state index is 11.2. The maximum atomic E-state index is 11.2. The molecule has 0 saturated carbocycles. The van der Waals surface area contributed by atoms with E-state index < -0.39 is 0 Å². The second-order valence-corrected chi connectivity index (χ2v) is 3.49. The Labute approximate surface area is 93.0 Å². The molecule has 1 aliphatic rings. The number of rotatable bonds is 2. The SMILES string of the molecule is CC.CNC1(OC)CCCN(C(C)=O)C1. The molecule has 4 nitrogen and oxygen atoms in total. The molecule has 0 aromatic rings. The molecule has 1 unspecified atom stereocenters. The number of amides is 1. The Morgan fingerprint density at radius 3 is 2.47 bits per heavy atom. The van der Waals surface area contributed by atoms with Gasteiger partial charge in [-0.1, -0.05) is 13.8 Å². The van der Waals surface area contributed by atoms with E-state index in [1.165, 1.54) is 0 Å². The van der Waals surface area contributed by atoms with Gasteiger partial charge in [0.05, 0.1) is 6.54 Å². The lowest BCUT2D eigenvalue weighted by Crippen LogP contribution is -2.57. The molecule has 1 amide bonds. The molecule has 1 rings (SSSR count). The highest BCUT2D eigenvalue weighted by Crippen LogP contribution is 2.21. The topological polar surface area (TPSA) is 41.6 Å². The van der Waals surface area contributed by atoms with E-state index in [0.29, 0.717) is 6.54 Å². The molecule has 1 atom stereocenters. The Kier molecular flexibility index (Phi) is 6.52. The minimum Gasteiger partial charge on any atom is -0.362 e. The van der Waals surface area contributed by atoms with E-state index in [1.54, 1.807) is 14.0 Å². The molecule has 15 heavy (non-hydrogen) atoms. The van der Waals surface area contributed by atoms with Crippen LogP contribution in [0.15, 0.2) is 0 Å². The first-order valence-corrected chi connectivity index (χ1v) is 5.63. The van der Waals surface area contributed by atoms with Gasteiger partial charge in [-0.05, 0) is 19.9 Å². The first-order valence-electron chi connectivity index (χ1n) is 5.63. The minimum atomic E-state index is -0.329. The number of hydrogen-bond donors (Lipinski definition) is 1. The number of carbonyl (C=O) groups is 1. The first-order chi connectivity index (χ1) is 7.13. The average Bonchev–Trinajstić information content (AvgIpc) is 2.31. The third kappa shape index (κ3) is 3.80. The van der Waals surface area contributed by atoms with E-state index in [1.807, 2.05) is 25.8 Å². The van der Waals surface area contributed by atoms with Crippen molar-refractivity contribution in [1.29, 1.82) is 0 Å². The zero-order valence-corrected chi connectivity index (χ0v) is 10.6. The fourth-order valence-corrected chi connectivity index (χ4v) is 1.76. The van der Waals surface area contributed by atoms with Crippen molar-refractivity contribution in [2.24, 2.45) is 0 Å². The molecule has 0 aliphatic carbocycles. The lowest BCUT2D eigenvalue weighted by Gasteiger charge is -2.41. The van der Waals surface area contributed by atoms with Gasteiger partial charge in [0.2, 0.25) is 5.91 Å². The van der Waals surface area contributed by atoms with Crippen LogP contribution in [0.2, 0.25) is 0 Å². The van der Waals surface area contributed by atoms with Gasteiger partial charge in [0.1, 0.15) is 5.72 Å². The van der Waals surface area contributed by atoms with Crippen LogP contribution in [-0.2, 0) is 9.53 Å². The Morgan fingerprint density at radius 1 is 1.47 bits per heavy atom. The van der Waals surface area contributed by atoms with Crippen LogP contribution in [0, 0.1) is 0 Å². The van der Waals surface area contributed by atoms with Crippen LogP contribution < -0.4 is 5.32 Å². The Morgan fingerprint density at radius 2 is 2.07 bits per heavy atom. The molecular formula is C11H24N2O2. The molecule has 1 aliphatic heterocycles. The van der Waals surface area contributed by atoms with Gasteiger partial charge < -0.3 is 9.64 Å². The van der Waals surface area contributed by atoms with Crippen molar-refractivity contribution in [2.45, 2.75) is 39.3 Å². The van der Waals surface area contributed by atoms with Gasteiger partial charge in [-0.25, -0.2) is 0 Å². The van der Waals surface area contributed by atoms with Crippen molar-refractivity contribution in [3.8, 4) is 0 Å². The number of ether oxygens (including phenoxy) is 1. The maximum Gasteiger partial charge on any atom is 0.219 e. The van der Waals surface area contributed by atoms with Gasteiger partial charge in [0.25, 0.3) is 0 Å². The van der Waals surface area contributed by atoms with E-state index in [-0.39, 0.29) is 11.6 Å². The quantitative estimate of drug-likeness (QED) is 0.706. The van der Waals surface area contributed by atoms with Crippen molar-refractivity contribution in [2.75, 3.05) is 27.2 Å². The standard InChI is InChI=1S/C9H18N2O2.C2H6/c1-8(12)11-6-4-5-9(7-11,10-2)13-3;1-2/h10H,4-7H2,1-3H3;1-2H3. The Balaban J connectivity index is 0.000000921. The van der Waals surface area contributed by atoms with Crippen molar-refractivity contribution in [1.82, 2.24) is 10.2 Å². The summed E-state index contributed by atoms with van der Waals surface area (Å²) in [4.78, 5) is 13.0. The number of nitrogens with one attached hydrogen (secondary N) is 1. The fraction of sp³-hybridized carbons (Fsp3) is 0.909. The summed E-state index contributed by atoms with van der Waals surface area (Å²) in [6.45, 7) is 7.10. The van der Waals surface area contributed by atoms with Crippen LogP contribution in [0.5, 0.6) is 0 Å². The third-order valence-corrected chi connectivity index (χ3v) is 2.75. The van der Waals surface area contributed by atoms with Crippen molar-refractivity contribution < 1.29 is 9.53 Å². The van der Waals surface area contributed by atoms with Crippen molar-refractivity contribution in [3.05, 3.63) is 0 Å². The summed E-state index contributed by atoms with van der Waals surface area (Å²) in [6.07, 6.45) is 1.96. The van der Waals surface area contributed by atoms with Gasteiger partial charge in [0, 0.05) is 20.6 Å². The number of hydrogen-bond acceptors (Lipinski definition) is 3. The van der Waals surface area contributed by atoms with E-state index >= 15 is 0 Å². The molecule has 1 N–H and O–H groups in total. The summed E-state index contributed by atoms with van der Waals surface area (Å²) >= 11 is 0. The molecule has 1 heterocycles. The molecule has 0 aromatic heterocycles. The zero-order valence-electron chi connectivity index (χ0n) is 10.6. The highest BCUT2D eigenvalue weighted by molar-refractivity contribution is 5.73. The summed E-state index contributed by atoms with van der Waals surface area (Å²) in [5, 5.41) is 3.14. The van der Waals surface area contributed by atoms with Crippen LogP contribution in [0.25, 0.3) is 0 Å². The number of methoxy groups -OCH3 is 1. The highest BCUT2D eigenvalue weighted by Gasteiger charge is 2.34. The van der Waals surface area contributed by atoms with E-state index in [2.05, 4.69) is 5.32 Å². The predicted octanol–water partition coefficient (Wildman–Crippen LogP) is 1.22. The molecule has 0 spiro atoms. The lowest BCUT2D eigenvalue weighted by molar-refractivity contribution is -0.140. The number of nitrogens with zero attached hydrogens (tertiary/aromatic N) is 1. The second-order valence-electron chi connectivity index (χ2n) is 3.49. The molecular weight excluding hydrogens is 192 g/mol. The summed E-state index contributed by atoms with van der Waals surface area (Å²) < 4.78 is 5.40. The molecule has 0 bridgehead atoms. The number of piperidine rings is 1. The summed E-state index contributed by atoms with van der Waals surface area (Å²) in [6, 6.07) is 0. The summed E-state index contributed by atoms with van der Waals surface area (Å²) in [7, 11) is 3.55. The van der Waals surface area contributed by atoms with E-state index in [0.717, 1.165) is 19.4 Å². The van der Waals surface area contributed by atoms with Crippen LogP contribution in [0.3, 0.4) is 0 Å². The number of likely N-dealkylation sites (tertiary alicyclic amines) is 1. The number of likely N-dealkylation sites (N-methyl/N-ethyl adjacent to an activating group) is 1. The summed E-state index contributed by atoms with van der Waals surface area (Å²) in [5.74, 6) is 0.122. The van der Waals surface area contributed by atoms with Crippen LogP contribution in [0.1, 0.15) is 33.6 Å². The molecule has 1 fully saturated rings. The fourth-order valence-electron chi connectivity index (χ4n) is 1.76. The largest absolute Gasteiger partial charge is 0.362 e. The van der Waals surface area contributed by atoms with Crippen LogP contribution >= 0.6 is 0 Å². The smallest absolute Gasteiger partial charge is 0.219 e. The van der Waals surface area contributed by atoms with Crippen LogP contribution in [0.4, 0.5) is 0 Å². The molecule has 0 radical (unpaired) electrons. The zero-order chi connectivity index (χ0) is 11.9. The third-order valence-electron chi connectivity index (χ3n) is 2.75.